The summed E-state index contributed by atoms with van der Waals surface area (Å²) in [6.45, 7) is 1.94. The largest absolute Gasteiger partial charge is 0.495 e. The predicted molar refractivity (Wildman–Crippen MR) is 62.1 cm³/mol. The number of hydrogen-bond donors (Lipinski definition) is 2. The standard InChI is InChI=1S/C11H12N4O2/c1-7-3-4-10(17-2)8(5-7)13-11(16)9-6-12-15-14-9/h3-6H,1-2H3,(H,13,16)(H,12,14,15). The molecule has 0 bridgehead atoms. The first kappa shape index (κ1) is 11.1. The number of nitrogens with one attached hydrogen (secondary N) is 2. The van der Waals surface area contributed by atoms with Gasteiger partial charge >= 0.3 is 0 Å². The molecule has 6 heteroatoms. The molecule has 0 saturated carbocycles. The van der Waals surface area contributed by atoms with E-state index < -0.39 is 0 Å². The van der Waals surface area contributed by atoms with E-state index in [0.29, 0.717) is 11.4 Å². The zero-order valence-electron chi connectivity index (χ0n) is 9.52. The van der Waals surface area contributed by atoms with Crippen LogP contribution in [0.4, 0.5) is 5.69 Å². The van der Waals surface area contributed by atoms with Gasteiger partial charge in [-0.05, 0) is 24.6 Å². The molecule has 2 aromatic rings. The highest BCUT2D eigenvalue weighted by molar-refractivity contribution is 6.03. The second-order valence-corrected chi connectivity index (χ2v) is 3.51. The van der Waals surface area contributed by atoms with Crippen LogP contribution in [0.15, 0.2) is 24.4 Å². The molecule has 0 radical (unpaired) electrons. The molecule has 1 heterocycles. The molecule has 0 aliphatic rings. The number of carbonyl (C=O) groups is 1. The molecule has 2 N–H and O–H groups in total. The minimum Gasteiger partial charge on any atom is -0.495 e. The first-order chi connectivity index (χ1) is 8.20. The van der Waals surface area contributed by atoms with Crippen molar-refractivity contribution < 1.29 is 9.53 Å². The Morgan fingerprint density at radius 3 is 2.94 bits per heavy atom. The van der Waals surface area contributed by atoms with Crippen molar-refractivity contribution in [2.24, 2.45) is 0 Å². The molecule has 0 aliphatic carbocycles. The van der Waals surface area contributed by atoms with Gasteiger partial charge in [0.2, 0.25) is 0 Å². The van der Waals surface area contributed by atoms with Gasteiger partial charge in [-0.3, -0.25) is 4.79 Å². The minimum atomic E-state index is -0.331. The molecular formula is C11H12N4O2. The summed E-state index contributed by atoms with van der Waals surface area (Å²) in [6, 6.07) is 5.54. The summed E-state index contributed by atoms with van der Waals surface area (Å²) in [5.41, 5.74) is 1.87. The van der Waals surface area contributed by atoms with Crippen molar-refractivity contribution in [1.82, 2.24) is 15.4 Å². The van der Waals surface area contributed by atoms with E-state index in [2.05, 4.69) is 20.7 Å². The minimum absolute atomic E-state index is 0.230. The van der Waals surface area contributed by atoms with Crippen LogP contribution < -0.4 is 10.1 Å². The van der Waals surface area contributed by atoms with Gasteiger partial charge in [-0.25, -0.2) is 0 Å². The third kappa shape index (κ3) is 2.41. The maximum absolute atomic E-state index is 11.8. The summed E-state index contributed by atoms with van der Waals surface area (Å²) in [6.07, 6.45) is 1.36. The van der Waals surface area contributed by atoms with Gasteiger partial charge in [-0.15, -0.1) is 0 Å². The zero-order chi connectivity index (χ0) is 12.3. The summed E-state index contributed by atoms with van der Waals surface area (Å²) in [4.78, 5) is 11.8. The van der Waals surface area contributed by atoms with Crippen LogP contribution in [-0.4, -0.2) is 28.4 Å². The summed E-state index contributed by atoms with van der Waals surface area (Å²) in [5, 5.41) is 12.4. The Kier molecular flexibility index (Phi) is 3.04. The molecule has 6 nitrogen and oxygen atoms in total. The smallest absolute Gasteiger partial charge is 0.277 e. The molecule has 1 aromatic carbocycles. The highest BCUT2D eigenvalue weighted by atomic mass is 16.5. The number of aromatic nitrogens is 3. The van der Waals surface area contributed by atoms with Crippen LogP contribution in [0.5, 0.6) is 5.75 Å². The van der Waals surface area contributed by atoms with Crippen molar-refractivity contribution >= 4 is 11.6 Å². The third-order valence-electron chi connectivity index (χ3n) is 2.25. The van der Waals surface area contributed by atoms with E-state index in [9.17, 15) is 4.79 Å². The Labute approximate surface area is 98.0 Å². The van der Waals surface area contributed by atoms with Gasteiger partial charge < -0.3 is 10.1 Å². The van der Waals surface area contributed by atoms with Gasteiger partial charge in [-0.2, -0.15) is 15.4 Å². The molecule has 1 amide bonds. The van der Waals surface area contributed by atoms with Gasteiger partial charge in [-0.1, -0.05) is 6.07 Å². The molecule has 1 aromatic heterocycles. The number of hydrogen-bond acceptors (Lipinski definition) is 4. The molecule has 2 rings (SSSR count). The maximum Gasteiger partial charge on any atom is 0.277 e. The van der Waals surface area contributed by atoms with Gasteiger partial charge in [0.1, 0.15) is 5.75 Å². The molecule has 0 atom stereocenters. The zero-order valence-corrected chi connectivity index (χ0v) is 9.52. The van der Waals surface area contributed by atoms with E-state index >= 15 is 0 Å². The second kappa shape index (κ2) is 4.65. The van der Waals surface area contributed by atoms with Gasteiger partial charge in [0, 0.05) is 0 Å². The number of rotatable bonds is 3. The Morgan fingerprint density at radius 2 is 2.29 bits per heavy atom. The van der Waals surface area contributed by atoms with Gasteiger partial charge in [0.25, 0.3) is 5.91 Å². The number of nitrogens with zero attached hydrogens (tertiary/aromatic N) is 2. The Morgan fingerprint density at radius 1 is 1.47 bits per heavy atom. The van der Waals surface area contributed by atoms with Crippen LogP contribution in [0, 0.1) is 6.92 Å². The van der Waals surface area contributed by atoms with Crippen molar-refractivity contribution in [2.45, 2.75) is 6.92 Å². The highest BCUT2D eigenvalue weighted by Crippen LogP contribution is 2.25. The van der Waals surface area contributed by atoms with Crippen LogP contribution in [0.25, 0.3) is 0 Å². The molecular weight excluding hydrogens is 220 g/mol. The Hall–Kier alpha value is -2.37. The predicted octanol–water partition coefficient (Wildman–Crippen LogP) is 1.37. The fourth-order valence-corrected chi connectivity index (χ4v) is 1.42. The average Bonchev–Trinajstić information content (AvgIpc) is 2.83. The van der Waals surface area contributed by atoms with E-state index in [-0.39, 0.29) is 11.6 Å². The number of aryl methyl sites for hydroxylation is 1. The monoisotopic (exact) mass is 232 g/mol. The topological polar surface area (TPSA) is 79.9 Å². The van der Waals surface area contributed by atoms with Crippen LogP contribution in [-0.2, 0) is 0 Å². The number of carbonyl (C=O) groups excluding carboxylic acids is 1. The number of methoxy groups -OCH3 is 1. The average molecular weight is 232 g/mol. The van der Waals surface area contributed by atoms with Crippen molar-refractivity contribution in [3.8, 4) is 5.75 Å². The van der Waals surface area contributed by atoms with E-state index in [1.807, 2.05) is 19.1 Å². The number of ether oxygens (including phenoxy) is 1. The van der Waals surface area contributed by atoms with Crippen molar-refractivity contribution in [3.63, 3.8) is 0 Å². The summed E-state index contributed by atoms with van der Waals surface area (Å²) < 4.78 is 5.16. The lowest BCUT2D eigenvalue weighted by atomic mass is 10.2. The Balaban J connectivity index is 2.23. The number of H-pyrrole nitrogens is 1. The fourth-order valence-electron chi connectivity index (χ4n) is 1.42. The third-order valence-corrected chi connectivity index (χ3v) is 2.25. The molecule has 0 spiro atoms. The van der Waals surface area contributed by atoms with Gasteiger partial charge in [0.15, 0.2) is 5.69 Å². The Bertz CT molecular complexity index is 522. The van der Waals surface area contributed by atoms with Gasteiger partial charge in [0.05, 0.1) is 19.0 Å². The summed E-state index contributed by atoms with van der Waals surface area (Å²) in [5.74, 6) is 0.273. The van der Waals surface area contributed by atoms with E-state index in [1.54, 1.807) is 13.2 Å². The fraction of sp³-hybridized carbons (Fsp3) is 0.182. The molecule has 88 valence electrons. The van der Waals surface area contributed by atoms with E-state index in [1.165, 1.54) is 6.20 Å². The SMILES string of the molecule is COc1ccc(C)cc1NC(=O)c1cn[nH]n1. The lowest BCUT2D eigenvalue weighted by molar-refractivity contribution is 0.102. The lowest BCUT2D eigenvalue weighted by Gasteiger charge is -2.09. The molecule has 17 heavy (non-hydrogen) atoms. The number of benzene rings is 1. The number of amides is 1. The summed E-state index contributed by atoms with van der Waals surface area (Å²) >= 11 is 0. The second-order valence-electron chi connectivity index (χ2n) is 3.51. The molecule has 0 saturated heterocycles. The highest BCUT2D eigenvalue weighted by Gasteiger charge is 2.11. The first-order valence-electron chi connectivity index (χ1n) is 5.02. The normalized spacial score (nSPS) is 10.0. The van der Waals surface area contributed by atoms with E-state index in [4.69, 9.17) is 4.74 Å². The van der Waals surface area contributed by atoms with Crippen molar-refractivity contribution in [2.75, 3.05) is 12.4 Å². The van der Waals surface area contributed by atoms with E-state index in [0.717, 1.165) is 5.56 Å². The summed E-state index contributed by atoms with van der Waals surface area (Å²) in [7, 11) is 1.55. The van der Waals surface area contributed by atoms with Crippen LogP contribution in [0.3, 0.4) is 0 Å². The molecule has 0 aliphatic heterocycles. The quantitative estimate of drug-likeness (QED) is 0.837. The number of anilines is 1. The molecule has 0 fully saturated rings. The maximum atomic E-state index is 11.8. The van der Waals surface area contributed by atoms with Crippen molar-refractivity contribution in [3.05, 3.63) is 35.7 Å². The molecule has 0 unspecified atom stereocenters. The van der Waals surface area contributed by atoms with Crippen LogP contribution in [0.1, 0.15) is 16.1 Å². The van der Waals surface area contributed by atoms with Crippen molar-refractivity contribution in [1.29, 1.82) is 0 Å². The first-order valence-corrected chi connectivity index (χ1v) is 5.02. The van der Waals surface area contributed by atoms with Crippen LogP contribution in [0.2, 0.25) is 0 Å². The van der Waals surface area contributed by atoms with Crippen LogP contribution >= 0.6 is 0 Å². The lowest BCUT2D eigenvalue weighted by Crippen LogP contribution is -2.13. The number of aromatic amines is 1.